The molecule has 3 unspecified atom stereocenters. The zero-order chi connectivity index (χ0) is 23.7. The number of nitrogens with two attached hydrogens (primary N) is 1. The van der Waals surface area contributed by atoms with Crippen LogP contribution in [0.1, 0.15) is 31.2 Å². The van der Waals surface area contributed by atoms with Crippen LogP contribution in [0.3, 0.4) is 0 Å². The van der Waals surface area contributed by atoms with Crippen molar-refractivity contribution in [1.29, 1.82) is 0 Å². The highest BCUT2D eigenvalue weighted by Gasteiger charge is 2.34. The summed E-state index contributed by atoms with van der Waals surface area (Å²) in [6.45, 7) is -0.108. The van der Waals surface area contributed by atoms with Gasteiger partial charge in [-0.3, -0.25) is 19.2 Å². The normalized spacial score (nSPS) is 17.3. The average Bonchev–Trinajstić information content (AvgIpc) is 3.26. The molecular weight excluding hydrogens is 420 g/mol. The van der Waals surface area contributed by atoms with E-state index >= 15 is 0 Å². The van der Waals surface area contributed by atoms with Crippen LogP contribution < -0.4 is 16.4 Å². The number of carboxylic acid groups (broad SMARTS) is 2. The number of carbonyl (C=O) groups is 5. The zero-order valence-corrected chi connectivity index (χ0v) is 17.5. The van der Waals surface area contributed by atoms with Crippen LogP contribution in [0.15, 0.2) is 30.3 Å². The van der Waals surface area contributed by atoms with Gasteiger partial charge in [0.2, 0.25) is 17.7 Å². The minimum absolute atomic E-state index is 0.0924. The van der Waals surface area contributed by atoms with Gasteiger partial charge in [0.05, 0.1) is 12.6 Å². The minimum Gasteiger partial charge on any atom is -0.481 e. The Morgan fingerprint density at radius 1 is 1.09 bits per heavy atom. The number of benzene rings is 1. The Morgan fingerprint density at radius 3 is 2.41 bits per heavy atom. The molecule has 0 spiro atoms. The van der Waals surface area contributed by atoms with Crippen LogP contribution in [0.4, 0.5) is 0 Å². The number of carboxylic acids is 2. The molecule has 1 saturated heterocycles. The van der Waals surface area contributed by atoms with E-state index < -0.39 is 54.3 Å². The molecule has 0 aliphatic carbocycles. The molecule has 1 aliphatic rings. The lowest BCUT2D eigenvalue weighted by Crippen LogP contribution is -2.54. The maximum Gasteiger partial charge on any atom is 0.326 e. The van der Waals surface area contributed by atoms with Crippen LogP contribution in [0, 0.1) is 0 Å². The summed E-state index contributed by atoms with van der Waals surface area (Å²) >= 11 is 0. The Balaban J connectivity index is 2.01. The third kappa shape index (κ3) is 7.34. The first kappa shape index (κ1) is 24.8. The van der Waals surface area contributed by atoms with E-state index in [2.05, 4.69) is 10.6 Å². The Kier molecular flexibility index (Phi) is 9.14. The van der Waals surface area contributed by atoms with E-state index in [1.165, 1.54) is 4.90 Å². The van der Waals surface area contributed by atoms with Crippen molar-refractivity contribution in [2.24, 2.45) is 5.73 Å². The highest BCUT2D eigenvalue weighted by Crippen LogP contribution is 2.17. The van der Waals surface area contributed by atoms with Crippen molar-refractivity contribution >= 4 is 29.7 Å². The van der Waals surface area contributed by atoms with Crippen LogP contribution in [0.25, 0.3) is 0 Å². The Labute approximate surface area is 184 Å². The smallest absolute Gasteiger partial charge is 0.326 e. The van der Waals surface area contributed by atoms with Gasteiger partial charge in [-0.2, -0.15) is 0 Å². The van der Waals surface area contributed by atoms with Crippen LogP contribution in [0.5, 0.6) is 0 Å². The molecule has 1 aromatic carbocycles. The molecule has 11 nitrogen and oxygen atoms in total. The van der Waals surface area contributed by atoms with Crippen LogP contribution in [-0.4, -0.2) is 76.0 Å². The highest BCUT2D eigenvalue weighted by atomic mass is 16.4. The average molecular weight is 448 g/mol. The van der Waals surface area contributed by atoms with Crippen molar-refractivity contribution in [1.82, 2.24) is 15.5 Å². The molecule has 0 radical (unpaired) electrons. The number of carbonyl (C=O) groups excluding carboxylic acids is 3. The van der Waals surface area contributed by atoms with Crippen molar-refractivity contribution in [3.05, 3.63) is 35.9 Å². The van der Waals surface area contributed by atoms with E-state index in [0.717, 1.165) is 5.56 Å². The number of nitrogens with zero attached hydrogens (tertiary/aromatic N) is 1. The number of nitrogens with one attached hydrogen (secondary N) is 2. The summed E-state index contributed by atoms with van der Waals surface area (Å²) in [5.41, 5.74) is 6.49. The summed E-state index contributed by atoms with van der Waals surface area (Å²) in [4.78, 5) is 60.7. The van der Waals surface area contributed by atoms with Crippen molar-refractivity contribution in [2.45, 2.75) is 50.2 Å². The van der Waals surface area contributed by atoms with Crippen molar-refractivity contribution in [2.75, 3.05) is 13.1 Å². The van der Waals surface area contributed by atoms with Crippen molar-refractivity contribution < 1.29 is 34.2 Å². The number of rotatable bonds is 11. The van der Waals surface area contributed by atoms with E-state index in [0.29, 0.717) is 19.4 Å². The first-order chi connectivity index (χ1) is 15.2. The maximum absolute atomic E-state index is 12.8. The molecule has 0 saturated carbocycles. The van der Waals surface area contributed by atoms with Gasteiger partial charge in [-0.15, -0.1) is 0 Å². The second kappa shape index (κ2) is 11.8. The lowest BCUT2D eigenvalue weighted by atomic mass is 10.0. The monoisotopic (exact) mass is 448 g/mol. The van der Waals surface area contributed by atoms with Crippen LogP contribution in [-0.2, 0) is 30.4 Å². The van der Waals surface area contributed by atoms with E-state index in [-0.39, 0.29) is 19.3 Å². The zero-order valence-electron chi connectivity index (χ0n) is 17.5. The predicted octanol–water partition coefficient (Wildman–Crippen LogP) is -0.902. The molecule has 0 bridgehead atoms. The molecule has 1 aromatic rings. The maximum atomic E-state index is 12.8. The summed E-state index contributed by atoms with van der Waals surface area (Å²) in [5, 5.41) is 22.9. The third-order valence-corrected chi connectivity index (χ3v) is 5.19. The fraction of sp³-hybridized carbons (Fsp3) is 0.476. The van der Waals surface area contributed by atoms with E-state index in [9.17, 15) is 29.1 Å². The van der Waals surface area contributed by atoms with Gasteiger partial charge < -0.3 is 31.5 Å². The molecule has 0 aromatic heterocycles. The molecule has 11 heteroatoms. The number of amides is 3. The standard InChI is InChI=1S/C21H28N4O7/c22-14(8-9-18(27)28)19(29)24-15(11-13-5-2-1-3-6-13)20(30)23-12-17(26)25-10-4-7-16(25)21(31)32/h1-3,5-6,14-16H,4,7-12,22H2,(H,23,30)(H,24,29)(H,27,28)(H,31,32). The molecule has 3 atom stereocenters. The van der Waals surface area contributed by atoms with Gasteiger partial charge in [0.25, 0.3) is 0 Å². The van der Waals surface area contributed by atoms with Gasteiger partial charge in [0, 0.05) is 19.4 Å². The third-order valence-electron chi connectivity index (χ3n) is 5.19. The molecule has 2 rings (SSSR count). The topological polar surface area (TPSA) is 179 Å². The largest absolute Gasteiger partial charge is 0.481 e. The fourth-order valence-corrected chi connectivity index (χ4v) is 3.46. The first-order valence-corrected chi connectivity index (χ1v) is 10.3. The predicted molar refractivity (Wildman–Crippen MR) is 112 cm³/mol. The highest BCUT2D eigenvalue weighted by molar-refractivity contribution is 5.93. The second-order valence-electron chi connectivity index (χ2n) is 7.59. The van der Waals surface area contributed by atoms with Gasteiger partial charge in [-0.25, -0.2) is 4.79 Å². The summed E-state index contributed by atoms with van der Waals surface area (Å²) in [6.07, 6.45) is 0.664. The Bertz CT molecular complexity index is 846. The molecule has 174 valence electrons. The second-order valence-corrected chi connectivity index (χ2v) is 7.59. The number of aliphatic carboxylic acids is 2. The van der Waals surface area contributed by atoms with Gasteiger partial charge >= 0.3 is 11.9 Å². The summed E-state index contributed by atoms with van der Waals surface area (Å²) in [7, 11) is 0. The van der Waals surface area contributed by atoms with Gasteiger partial charge in [0.15, 0.2) is 0 Å². The number of hydrogen-bond acceptors (Lipinski definition) is 6. The lowest BCUT2D eigenvalue weighted by Gasteiger charge is -2.23. The first-order valence-electron chi connectivity index (χ1n) is 10.3. The fourth-order valence-electron chi connectivity index (χ4n) is 3.46. The quantitative estimate of drug-likeness (QED) is 0.289. The van der Waals surface area contributed by atoms with Crippen LogP contribution >= 0.6 is 0 Å². The van der Waals surface area contributed by atoms with Crippen molar-refractivity contribution in [3.8, 4) is 0 Å². The van der Waals surface area contributed by atoms with E-state index in [1.807, 2.05) is 0 Å². The van der Waals surface area contributed by atoms with Crippen LogP contribution in [0.2, 0.25) is 0 Å². The minimum atomic E-state index is -1.11. The van der Waals surface area contributed by atoms with Gasteiger partial charge in [-0.05, 0) is 24.8 Å². The van der Waals surface area contributed by atoms with Crippen molar-refractivity contribution in [3.63, 3.8) is 0 Å². The Morgan fingerprint density at radius 2 is 1.78 bits per heavy atom. The van der Waals surface area contributed by atoms with E-state index in [1.54, 1.807) is 30.3 Å². The summed E-state index contributed by atoms with van der Waals surface area (Å²) in [5.74, 6) is -4.02. The van der Waals surface area contributed by atoms with E-state index in [4.69, 9.17) is 10.8 Å². The molecule has 1 aliphatic heterocycles. The molecule has 1 heterocycles. The summed E-state index contributed by atoms with van der Waals surface area (Å²) < 4.78 is 0. The molecule has 6 N–H and O–H groups in total. The van der Waals surface area contributed by atoms with Gasteiger partial charge in [-0.1, -0.05) is 30.3 Å². The summed E-state index contributed by atoms with van der Waals surface area (Å²) in [6, 6.07) is 5.80. The molecule has 32 heavy (non-hydrogen) atoms. The SMILES string of the molecule is NC(CCC(=O)O)C(=O)NC(Cc1ccccc1)C(=O)NCC(=O)N1CCCC1C(=O)O. The molecule has 1 fully saturated rings. The van der Waals surface area contributed by atoms with Gasteiger partial charge in [0.1, 0.15) is 12.1 Å². The molecular formula is C21H28N4O7. The Hall–Kier alpha value is -3.47. The molecule has 3 amide bonds. The number of hydrogen-bond donors (Lipinski definition) is 5. The lowest BCUT2D eigenvalue weighted by molar-refractivity contribution is -0.148. The number of likely N-dealkylation sites (tertiary alicyclic amines) is 1.